The van der Waals surface area contributed by atoms with Crippen LogP contribution < -0.4 is 9.80 Å². The number of nitrogens with zero attached hydrogens (tertiary/aromatic N) is 6. The second-order valence-electron chi connectivity index (χ2n) is 7.12. The normalized spacial score (nSPS) is 21.9. The van der Waals surface area contributed by atoms with E-state index in [1.54, 1.807) is 6.33 Å². The molecule has 2 aliphatic rings. The van der Waals surface area contributed by atoms with Crippen LogP contribution in [0.5, 0.6) is 0 Å². The highest BCUT2D eigenvalue weighted by atomic mass is 16.3. The molecule has 2 aromatic rings. The largest absolute Gasteiger partial charge is 0.394 e. The molecule has 0 aromatic carbocycles. The summed E-state index contributed by atoms with van der Waals surface area (Å²) in [7, 11) is 1.97. The quantitative estimate of drug-likeness (QED) is 0.909. The Labute approximate surface area is 148 Å². The average molecular weight is 342 g/mol. The predicted molar refractivity (Wildman–Crippen MR) is 96.9 cm³/mol. The highest BCUT2D eigenvalue weighted by Crippen LogP contribution is 2.31. The van der Waals surface area contributed by atoms with Crippen molar-refractivity contribution in [2.45, 2.75) is 37.6 Å². The molecule has 0 amide bonds. The van der Waals surface area contributed by atoms with Crippen LogP contribution in [0.2, 0.25) is 0 Å². The van der Waals surface area contributed by atoms with Crippen molar-refractivity contribution in [2.24, 2.45) is 7.05 Å². The van der Waals surface area contributed by atoms with E-state index < -0.39 is 0 Å². The van der Waals surface area contributed by atoms with Crippen LogP contribution in [0, 0.1) is 0 Å². The molecule has 2 aromatic heterocycles. The van der Waals surface area contributed by atoms with E-state index in [0.717, 1.165) is 57.0 Å². The van der Waals surface area contributed by atoms with Crippen molar-refractivity contribution in [3.05, 3.63) is 30.4 Å². The first-order valence-corrected chi connectivity index (χ1v) is 9.17. The number of hydrogen-bond donors (Lipinski definition) is 1. The van der Waals surface area contributed by atoms with E-state index in [0.29, 0.717) is 5.92 Å². The molecular weight excluding hydrogens is 316 g/mol. The summed E-state index contributed by atoms with van der Waals surface area (Å²) in [6.07, 6.45) is 10.2. The van der Waals surface area contributed by atoms with Crippen molar-refractivity contribution in [1.82, 2.24) is 19.7 Å². The summed E-state index contributed by atoms with van der Waals surface area (Å²) < 4.78 is 1.88. The van der Waals surface area contributed by atoms with E-state index in [4.69, 9.17) is 0 Å². The monoisotopic (exact) mass is 342 g/mol. The molecule has 4 rings (SSSR count). The average Bonchev–Trinajstić information content (AvgIpc) is 3.31. The van der Waals surface area contributed by atoms with Crippen LogP contribution in [-0.4, -0.2) is 57.1 Å². The van der Waals surface area contributed by atoms with Gasteiger partial charge in [0.1, 0.15) is 18.0 Å². The number of aliphatic hydroxyl groups excluding tert-OH is 1. The van der Waals surface area contributed by atoms with Crippen molar-refractivity contribution in [1.29, 1.82) is 0 Å². The minimum Gasteiger partial charge on any atom is -0.394 e. The smallest absolute Gasteiger partial charge is 0.134 e. The summed E-state index contributed by atoms with van der Waals surface area (Å²) in [5.74, 6) is 2.53. The topological polar surface area (TPSA) is 70.3 Å². The number of rotatable bonds is 4. The summed E-state index contributed by atoms with van der Waals surface area (Å²) >= 11 is 0. The standard InChI is InChI=1S/C18H26N6O/c1-22-11-15(10-21-22)14-4-7-23(8-5-14)17-9-18(20-13-19-17)24-6-2-3-16(24)12-25/h9-11,13-14,16,25H,2-8,12H2,1H3. The molecule has 0 radical (unpaired) electrons. The predicted octanol–water partition coefficient (Wildman–Crippen LogP) is 1.56. The molecule has 1 N–H and O–H groups in total. The van der Waals surface area contributed by atoms with E-state index in [2.05, 4.69) is 37.1 Å². The Morgan fingerprint density at radius 1 is 1.12 bits per heavy atom. The summed E-state index contributed by atoms with van der Waals surface area (Å²) in [4.78, 5) is 13.5. The maximum absolute atomic E-state index is 9.55. The molecule has 134 valence electrons. The molecule has 0 bridgehead atoms. The van der Waals surface area contributed by atoms with Gasteiger partial charge in [0.2, 0.25) is 0 Å². The number of aryl methyl sites for hydroxylation is 1. The minimum atomic E-state index is 0.190. The van der Waals surface area contributed by atoms with Gasteiger partial charge >= 0.3 is 0 Å². The number of aromatic nitrogens is 4. The molecule has 2 saturated heterocycles. The van der Waals surface area contributed by atoms with Crippen LogP contribution in [0.4, 0.5) is 11.6 Å². The Hall–Kier alpha value is -2.15. The molecule has 0 aliphatic carbocycles. The number of piperidine rings is 1. The Balaban J connectivity index is 1.44. The van der Waals surface area contributed by atoms with E-state index in [1.165, 1.54) is 5.56 Å². The van der Waals surface area contributed by atoms with Gasteiger partial charge in [0, 0.05) is 38.9 Å². The molecule has 0 spiro atoms. The molecule has 7 heteroatoms. The molecule has 0 saturated carbocycles. The highest BCUT2D eigenvalue weighted by Gasteiger charge is 2.27. The second kappa shape index (κ2) is 7.00. The molecular formula is C18H26N6O. The molecule has 7 nitrogen and oxygen atoms in total. The van der Waals surface area contributed by atoms with Crippen LogP contribution in [0.1, 0.15) is 37.2 Å². The van der Waals surface area contributed by atoms with E-state index in [1.807, 2.05) is 17.9 Å². The molecule has 1 unspecified atom stereocenters. The Kier molecular flexibility index (Phi) is 4.57. The molecule has 1 atom stereocenters. The summed E-state index contributed by atoms with van der Waals surface area (Å²) in [6, 6.07) is 2.28. The van der Waals surface area contributed by atoms with E-state index >= 15 is 0 Å². The summed E-state index contributed by atoms with van der Waals surface area (Å²) in [5.41, 5.74) is 1.34. The van der Waals surface area contributed by atoms with Crippen molar-refractivity contribution in [3.63, 3.8) is 0 Å². The lowest BCUT2D eigenvalue weighted by Gasteiger charge is -2.33. The number of hydrogen-bond acceptors (Lipinski definition) is 6. The fraction of sp³-hybridized carbons (Fsp3) is 0.611. The maximum Gasteiger partial charge on any atom is 0.134 e. The zero-order chi connectivity index (χ0) is 17.2. The summed E-state index contributed by atoms with van der Waals surface area (Å²) in [6.45, 7) is 3.15. The lowest BCUT2D eigenvalue weighted by molar-refractivity contribution is 0.266. The van der Waals surface area contributed by atoms with Crippen LogP contribution in [-0.2, 0) is 7.05 Å². The fourth-order valence-electron chi connectivity index (χ4n) is 4.09. The lowest BCUT2D eigenvalue weighted by Crippen LogP contribution is -2.35. The third-order valence-corrected chi connectivity index (χ3v) is 5.54. The van der Waals surface area contributed by atoms with Gasteiger partial charge < -0.3 is 14.9 Å². The van der Waals surface area contributed by atoms with E-state index in [9.17, 15) is 5.11 Å². The third-order valence-electron chi connectivity index (χ3n) is 5.54. The fourth-order valence-corrected chi connectivity index (χ4v) is 4.09. The molecule has 4 heterocycles. The second-order valence-corrected chi connectivity index (χ2v) is 7.12. The van der Waals surface area contributed by atoms with Crippen molar-refractivity contribution in [2.75, 3.05) is 36.0 Å². The van der Waals surface area contributed by atoms with Gasteiger partial charge in [-0.3, -0.25) is 4.68 Å². The molecule has 2 fully saturated rings. The van der Waals surface area contributed by atoms with E-state index in [-0.39, 0.29) is 12.6 Å². The van der Waals surface area contributed by atoms with Crippen LogP contribution in [0.15, 0.2) is 24.8 Å². The Bertz CT molecular complexity index is 709. The first-order chi connectivity index (χ1) is 12.2. The van der Waals surface area contributed by atoms with Gasteiger partial charge in [-0.25, -0.2) is 9.97 Å². The van der Waals surface area contributed by atoms with Crippen molar-refractivity contribution >= 4 is 11.6 Å². The van der Waals surface area contributed by atoms with Gasteiger partial charge in [-0.15, -0.1) is 0 Å². The Morgan fingerprint density at radius 3 is 2.64 bits per heavy atom. The zero-order valence-electron chi connectivity index (χ0n) is 14.8. The van der Waals surface area contributed by atoms with Gasteiger partial charge in [-0.1, -0.05) is 0 Å². The highest BCUT2D eigenvalue weighted by molar-refractivity contribution is 5.51. The Morgan fingerprint density at radius 2 is 1.92 bits per heavy atom. The van der Waals surface area contributed by atoms with Crippen LogP contribution in [0.25, 0.3) is 0 Å². The van der Waals surface area contributed by atoms with Crippen molar-refractivity contribution in [3.8, 4) is 0 Å². The molecule has 25 heavy (non-hydrogen) atoms. The van der Waals surface area contributed by atoms with Gasteiger partial charge in [0.15, 0.2) is 0 Å². The zero-order valence-corrected chi connectivity index (χ0v) is 14.8. The van der Waals surface area contributed by atoms with Crippen molar-refractivity contribution < 1.29 is 5.11 Å². The number of anilines is 2. The maximum atomic E-state index is 9.55. The van der Waals surface area contributed by atoms with Gasteiger partial charge in [0.05, 0.1) is 18.8 Å². The minimum absolute atomic E-state index is 0.190. The van der Waals surface area contributed by atoms with Gasteiger partial charge in [-0.05, 0) is 37.2 Å². The van der Waals surface area contributed by atoms with Crippen LogP contribution >= 0.6 is 0 Å². The first-order valence-electron chi connectivity index (χ1n) is 9.17. The first kappa shape index (κ1) is 16.3. The SMILES string of the molecule is Cn1cc(C2CCN(c3cc(N4CCCC4CO)ncn3)CC2)cn1. The summed E-state index contributed by atoms with van der Waals surface area (Å²) in [5, 5.41) is 13.8. The lowest BCUT2D eigenvalue weighted by atomic mass is 9.91. The van der Waals surface area contributed by atoms with Gasteiger partial charge in [-0.2, -0.15) is 5.10 Å². The van der Waals surface area contributed by atoms with Crippen LogP contribution in [0.3, 0.4) is 0 Å². The number of aliphatic hydroxyl groups is 1. The third kappa shape index (κ3) is 3.33. The van der Waals surface area contributed by atoms with Gasteiger partial charge in [0.25, 0.3) is 0 Å². The molecule has 2 aliphatic heterocycles.